The molecule has 228 valence electrons. The molecule has 0 bridgehead atoms. The number of aromatic nitrogens is 1. The van der Waals surface area contributed by atoms with Crippen molar-refractivity contribution in [2.24, 2.45) is 17.6 Å². The maximum atomic E-state index is 14.1. The number of aromatic amines is 1. The van der Waals surface area contributed by atoms with Crippen LogP contribution in [0.3, 0.4) is 0 Å². The van der Waals surface area contributed by atoms with E-state index in [9.17, 15) is 19.2 Å². The van der Waals surface area contributed by atoms with E-state index in [4.69, 9.17) is 15.2 Å². The summed E-state index contributed by atoms with van der Waals surface area (Å²) in [4.78, 5) is 59.4. The average Bonchev–Trinajstić information content (AvgIpc) is 3.32. The van der Waals surface area contributed by atoms with Gasteiger partial charge in [0.1, 0.15) is 17.2 Å². The predicted octanol–water partition coefficient (Wildman–Crippen LogP) is 1.44. The number of nitrogens with zero attached hydrogens (tertiary/aromatic N) is 1. The third-order valence-corrected chi connectivity index (χ3v) is 9.18. The van der Waals surface area contributed by atoms with Crippen molar-refractivity contribution in [3.8, 4) is 0 Å². The molecule has 1 aliphatic carbocycles. The highest BCUT2D eigenvalue weighted by molar-refractivity contribution is 6.01. The smallest absolute Gasteiger partial charge is 0.244 e. The van der Waals surface area contributed by atoms with Crippen molar-refractivity contribution in [2.75, 3.05) is 39.5 Å². The van der Waals surface area contributed by atoms with E-state index in [1.807, 2.05) is 35.4 Å². The van der Waals surface area contributed by atoms with Crippen LogP contribution in [0.1, 0.15) is 51.5 Å². The highest BCUT2D eigenvalue weighted by atomic mass is 16.6. The molecule has 0 radical (unpaired) electrons. The van der Waals surface area contributed by atoms with Crippen LogP contribution in [0.25, 0.3) is 10.9 Å². The lowest BCUT2D eigenvalue weighted by Gasteiger charge is -2.41. The Hall–Kier alpha value is -3.28. The number of carbonyl (C=O) groups excluding carboxylic acids is 4. The van der Waals surface area contributed by atoms with Gasteiger partial charge in [-0.3, -0.25) is 24.1 Å². The quantitative estimate of drug-likeness (QED) is 0.261. The molecule has 1 aromatic carbocycles. The van der Waals surface area contributed by atoms with E-state index in [-0.39, 0.29) is 37.2 Å². The van der Waals surface area contributed by atoms with E-state index < -0.39 is 34.9 Å². The average molecular weight is 582 g/mol. The number of Topliss-reactive ketones (excluding diaryl/α,β-unsaturated/α-hetero) is 1. The first-order valence-electron chi connectivity index (χ1n) is 15.1. The van der Waals surface area contributed by atoms with Gasteiger partial charge in [-0.15, -0.1) is 0 Å². The summed E-state index contributed by atoms with van der Waals surface area (Å²) in [6.45, 7) is 6.08. The Morgan fingerprint density at radius 1 is 1.17 bits per heavy atom. The number of carbonyl (C=O) groups is 4. The maximum Gasteiger partial charge on any atom is 0.244 e. The van der Waals surface area contributed by atoms with Gasteiger partial charge in [-0.1, -0.05) is 31.7 Å². The first kappa shape index (κ1) is 30.2. The zero-order valence-corrected chi connectivity index (χ0v) is 24.6. The molecule has 5 N–H and O–H groups in total. The molecule has 11 heteroatoms. The number of nitrogens with one attached hydrogen (secondary N) is 3. The number of hydrogen-bond acceptors (Lipinski definition) is 7. The molecule has 1 saturated carbocycles. The van der Waals surface area contributed by atoms with Crippen LogP contribution < -0.4 is 16.4 Å². The van der Waals surface area contributed by atoms with Gasteiger partial charge in [0.15, 0.2) is 5.78 Å². The summed E-state index contributed by atoms with van der Waals surface area (Å²) in [5, 5.41) is 6.64. The van der Waals surface area contributed by atoms with E-state index in [1.165, 1.54) is 0 Å². The van der Waals surface area contributed by atoms with Crippen LogP contribution in [0.15, 0.2) is 30.5 Å². The van der Waals surface area contributed by atoms with Crippen molar-refractivity contribution >= 4 is 34.4 Å². The summed E-state index contributed by atoms with van der Waals surface area (Å²) in [7, 11) is 0. The Bertz CT molecular complexity index is 1310. The Labute approximate surface area is 246 Å². The van der Waals surface area contributed by atoms with Gasteiger partial charge in [0.05, 0.1) is 32.3 Å². The number of rotatable bonds is 13. The molecule has 1 unspecified atom stereocenters. The van der Waals surface area contributed by atoms with Crippen LogP contribution in [-0.4, -0.2) is 90.0 Å². The van der Waals surface area contributed by atoms with Crippen molar-refractivity contribution in [3.05, 3.63) is 36.0 Å². The molecule has 0 spiro atoms. The van der Waals surface area contributed by atoms with Crippen molar-refractivity contribution in [3.63, 3.8) is 0 Å². The number of benzene rings is 1. The number of epoxide rings is 1. The number of H-pyrrole nitrogens is 1. The second-order valence-electron chi connectivity index (χ2n) is 12.4. The van der Waals surface area contributed by atoms with Crippen molar-refractivity contribution in [1.29, 1.82) is 0 Å². The minimum atomic E-state index is -1.72. The molecule has 3 aliphatic rings. The molecule has 3 amide bonds. The zero-order chi connectivity index (χ0) is 29.9. The molecule has 11 nitrogen and oxygen atoms in total. The van der Waals surface area contributed by atoms with Gasteiger partial charge in [0, 0.05) is 31.2 Å². The van der Waals surface area contributed by atoms with Crippen molar-refractivity contribution < 1.29 is 28.7 Å². The number of primary amides is 1. The van der Waals surface area contributed by atoms with E-state index in [0.717, 1.165) is 42.1 Å². The Morgan fingerprint density at radius 3 is 2.55 bits per heavy atom. The Balaban J connectivity index is 1.45. The first-order chi connectivity index (χ1) is 20.1. The van der Waals surface area contributed by atoms with Gasteiger partial charge in [-0.05, 0) is 55.3 Å². The summed E-state index contributed by atoms with van der Waals surface area (Å²) >= 11 is 0. The normalized spacial score (nSPS) is 24.0. The number of nitrogens with two attached hydrogens (primary N) is 1. The highest BCUT2D eigenvalue weighted by Gasteiger charge is 2.58. The largest absolute Gasteiger partial charge is 0.379 e. The molecule has 3 fully saturated rings. The molecule has 42 heavy (non-hydrogen) atoms. The van der Waals surface area contributed by atoms with Gasteiger partial charge in [-0.25, -0.2) is 0 Å². The lowest BCUT2D eigenvalue weighted by Crippen LogP contribution is -2.68. The summed E-state index contributed by atoms with van der Waals surface area (Å²) < 4.78 is 10.9. The van der Waals surface area contributed by atoms with Crippen LogP contribution in [-0.2, 0) is 35.1 Å². The molecular formula is C31H43N5O6. The zero-order valence-electron chi connectivity index (χ0n) is 24.6. The summed E-state index contributed by atoms with van der Waals surface area (Å²) in [5.74, 6) is -2.54. The van der Waals surface area contributed by atoms with E-state index >= 15 is 0 Å². The lowest BCUT2D eigenvalue weighted by molar-refractivity contribution is -0.142. The van der Waals surface area contributed by atoms with Crippen LogP contribution in [0.4, 0.5) is 0 Å². The third-order valence-electron chi connectivity index (χ3n) is 9.18. The number of morpholine rings is 1. The third kappa shape index (κ3) is 6.68. The van der Waals surface area contributed by atoms with E-state index in [1.54, 1.807) is 13.8 Å². The first-order valence-corrected chi connectivity index (χ1v) is 15.1. The molecule has 3 heterocycles. The summed E-state index contributed by atoms with van der Waals surface area (Å²) in [5.41, 5.74) is 5.16. The Morgan fingerprint density at radius 2 is 1.88 bits per heavy atom. The minimum Gasteiger partial charge on any atom is -0.379 e. The summed E-state index contributed by atoms with van der Waals surface area (Å²) in [6, 6.07) is 6.69. The molecular weight excluding hydrogens is 538 g/mol. The topological polar surface area (TPSA) is 159 Å². The maximum absolute atomic E-state index is 14.1. The summed E-state index contributed by atoms with van der Waals surface area (Å²) in [6.07, 6.45) is 6.31. The number of amides is 3. The Kier molecular flexibility index (Phi) is 9.00. The molecule has 5 rings (SSSR count). The van der Waals surface area contributed by atoms with E-state index in [0.29, 0.717) is 32.7 Å². The van der Waals surface area contributed by atoms with Crippen LogP contribution in [0, 0.1) is 11.8 Å². The number of ketones is 1. The van der Waals surface area contributed by atoms with E-state index in [2.05, 4.69) is 15.6 Å². The fourth-order valence-electron chi connectivity index (χ4n) is 6.48. The van der Waals surface area contributed by atoms with Gasteiger partial charge in [0.25, 0.3) is 0 Å². The number of ether oxygens (including phenoxy) is 2. The van der Waals surface area contributed by atoms with Gasteiger partial charge >= 0.3 is 0 Å². The number of hydrogen-bond donors (Lipinski definition) is 4. The molecule has 1 aromatic heterocycles. The standard InChI is InChI=1S/C31H43N5O6/c1-20(34-26(37)18-36-11-13-41-14-12-36)28(39)35-31(29(32)40,17-22-7-8-25-23(15-22)9-10-33-25)24(16-21-5-3-4-6-21)27(38)30(2)19-42-30/h7-10,15,20-21,24,33H,3-6,11-14,16-19H2,1-2H3,(H2,32,40)(H,34,37)(H,35,39)/t20-,24+,30+,31?/m0/s1. The van der Waals surface area contributed by atoms with Crippen LogP contribution in [0.5, 0.6) is 0 Å². The fraction of sp³-hybridized carbons (Fsp3) is 0.613. The molecule has 2 saturated heterocycles. The second-order valence-corrected chi connectivity index (χ2v) is 12.4. The van der Waals surface area contributed by atoms with Crippen LogP contribution >= 0.6 is 0 Å². The number of fused-ring (bicyclic) bond motifs is 1. The van der Waals surface area contributed by atoms with Gasteiger partial charge in [-0.2, -0.15) is 0 Å². The minimum absolute atomic E-state index is 0.0306. The van der Waals surface area contributed by atoms with Gasteiger partial charge in [0.2, 0.25) is 17.7 Å². The highest BCUT2D eigenvalue weighted by Crippen LogP contribution is 2.41. The second kappa shape index (κ2) is 12.5. The predicted molar refractivity (Wildman–Crippen MR) is 156 cm³/mol. The van der Waals surface area contributed by atoms with Crippen molar-refractivity contribution in [1.82, 2.24) is 20.5 Å². The molecule has 2 aliphatic heterocycles. The lowest BCUT2D eigenvalue weighted by atomic mass is 9.69. The van der Waals surface area contributed by atoms with Gasteiger partial charge < -0.3 is 30.8 Å². The molecule has 2 aromatic rings. The van der Waals surface area contributed by atoms with Crippen LogP contribution in [0.2, 0.25) is 0 Å². The monoisotopic (exact) mass is 581 g/mol. The fourth-order valence-corrected chi connectivity index (χ4v) is 6.48. The molecule has 4 atom stereocenters. The SMILES string of the molecule is C[C@H](NC(=O)CN1CCOCC1)C(=O)NC(Cc1ccc2[nH]ccc2c1)(C(N)=O)[C@H](CC1CCCC1)C(=O)[C@@]1(C)CO1. The van der Waals surface area contributed by atoms with Crippen molar-refractivity contribution in [2.45, 2.75) is 69.6 Å².